The Morgan fingerprint density at radius 2 is 2.25 bits per heavy atom. The summed E-state index contributed by atoms with van der Waals surface area (Å²) in [5.41, 5.74) is 1.03. The Morgan fingerprint density at radius 3 is 2.75 bits per heavy atom. The van der Waals surface area contributed by atoms with Crippen molar-refractivity contribution >= 4 is 17.2 Å². The lowest BCUT2D eigenvalue weighted by Crippen LogP contribution is -2.43. The zero-order valence-corrected chi connectivity index (χ0v) is 11.0. The molecular formula is C11H19N3OS. The predicted octanol–water partition coefficient (Wildman–Crippen LogP) is 1.63. The van der Waals surface area contributed by atoms with Crippen LogP contribution >= 0.6 is 11.3 Å². The van der Waals surface area contributed by atoms with Crippen molar-refractivity contribution in [2.45, 2.75) is 39.8 Å². The van der Waals surface area contributed by atoms with Crippen LogP contribution in [0.15, 0.2) is 5.38 Å². The molecular weight excluding hydrogens is 222 g/mol. The van der Waals surface area contributed by atoms with Crippen LogP contribution < -0.4 is 10.6 Å². The molecule has 0 aliphatic carbocycles. The number of amides is 1. The van der Waals surface area contributed by atoms with Crippen LogP contribution in [0.2, 0.25) is 0 Å². The number of nitrogens with zero attached hydrogens (tertiary/aromatic N) is 1. The minimum absolute atomic E-state index is 0.0302. The van der Waals surface area contributed by atoms with Gasteiger partial charge in [0.1, 0.15) is 5.01 Å². The summed E-state index contributed by atoms with van der Waals surface area (Å²) in [6.07, 6.45) is 0. The lowest BCUT2D eigenvalue weighted by atomic mass is 10.2. The van der Waals surface area contributed by atoms with Gasteiger partial charge in [0.25, 0.3) is 0 Å². The van der Waals surface area contributed by atoms with Gasteiger partial charge in [-0.2, -0.15) is 0 Å². The van der Waals surface area contributed by atoms with Crippen LogP contribution in [0.1, 0.15) is 37.5 Å². The molecule has 2 unspecified atom stereocenters. The average molecular weight is 241 g/mol. The van der Waals surface area contributed by atoms with Crippen LogP contribution in [-0.2, 0) is 4.79 Å². The summed E-state index contributed by atoms with van der Waals surface area (Å²) in [6.45, 7) is 8.43. The van der Waals surface area contributed by atoms with Crippen molar-refractivity contribution in [1.82, 2.24) is 15.6 Å². The Hall–Kier alpha value is -0.940. The van der Waals surface area contributed by atoms with Crippen LogP contribution in [0.3, 0.4) is 0 Å². The third-order valence-corrected chi connectivity index (χ3v) is 3.40. The van der Waals surface area contributed by atoms with E-state index in [4.69, 9.17) is 0 Å². The van der Waals surface area contributed by atoms with Crippen molar-refractivity contribution in [2.24, 2.45) is 0 Å². The SMILES string of the molecule is CCNC(=O)C(C)NC(C)c1nc(C)cs1. The quantitative estimate of drug-likeness (QED) is 0.824. The summed E-state index contributed by atoms with van der Waals surface area (Å²) in [5.74, 6) is 0.0302. The van der Waals surface area contributed by atoms with Gasteiger partial charge >= 0.3 is 0 Å². The molecule has 1 heterocycles. The number of hydrogen-bond donors (Lipinski definition) is 2. The van der Waals surface area contributed by atoms with Gasteiger partial charge in [-0.05, 0) is 27.7 Å². The second kappa shape index (κ2) is 5.96. The van der Waals surface area contributed by atoms with E-state index in [0.717, 1.165) is 10.7 Å². The van der Waals surface area contributed by atoms with Gasteiger partial charge in [0.2, 0.25) is 5.91 Å². The fraction of sp³-hybridized carbons (Fsp3) is 0.636. The normalized spacial score (nSPS) is 14.5. The molecule has 1 rings (SSSR count). The minimum Gasteiger partial charge on any atom is -0.355 e. The van der Waals surface area contributed by atoms with Crippen LogP contribution in [0.5, 0.6) is 0 Å². The maximum atomic E-state index is 11.5. The molecule has 0 saturated heterocycles. The van der Waals surface area contributed by atoms with Gasteiger partial charge in [-0.3, -0.25) is 10.1 Å². The van der Waals surface area contributed by atoms with Crippen molar-refractivity contribution in [1.29, 1.82) is 0 Å². The molecule has 2 atom stereocenters. The first-order chi connectivity index (χ1) is 7.54. The monoisotopic (exact) mass is 241 g/mol. The summed E-state index contributed by atoms with van der Waals surface area (Å²) in [7, 11) is 0. The van der Waals surface area contributed by atoms with E-state index in [9.17, 15) is 4.79 Å². The zero-order valence-electron chi connectivity index (χ0n) is 10.2. The number of aromatic nitrogens is 1. The lowest BCUT2D eigenvalue weighted by molar-refractivity contribution is -0.122. The molecule has 0 fully saturated rings. The molecule has 1 aromatic rings. The third kappa shape index (κ3) is 3.57. The Labute approximate surface area is 100 Å². The van der Waals surface area contributed by atoms with E-state index in [1.807, 2.05) is 33.1 Å². The molecule has 4 nitrogen and oxygen atoms in total. The second-order valence-corrected chi connectivity index (χ2v) is 4.72. The molecule has 90 valence electrons. The van der Waals surface area contributed by atoms with Gasteiger partial charge in [0, 0.05) is 17.6 Å². The summed E-state index contributed by atoms with van der Waals surface area (Å²) in [4.78, 5) is 15.9. The zero-order chi connectivity index (χ0) is 12.1. The fourth-order valence-electron chi connectivity index (χ4n) is 1.42. The highest BCUT2D eigenvalue weighted by Crippen LogP contribution is 2.17. The maximum Gasteiger partial charge on any atom is 0.236 e. The highest BCUT2D eigenvalue weighted by Gasteiger charge is 2.16. The fourth-order valence-corrected chi connectivity index (χ4v) is 2.23. The molecule has 1 aromatic heterocycles. The number of likely N-dealkylation sites (N-methyl/N-ethyl adjacent to an activating group) is 1. The van der Waals surface area contributed by atoms with Crippen LogP contribution in [0, 0.1) is 6.92 Å². The molecule has 2 N–H and O–H groups in total. The van der Waals surface area contributed by atoms with E-state index in [1.54, 1.807) is 11.3 Å². The lowest BCUT2D eigenvalue weighted by Gasteiger charge is -2.17. The van der Waals surface area contributed by atoms with E-state index in [1.165, 1.54) is 0 Å². The van der Waals surface area contributed by atoms with Gasteiger partial charge in [-0.15, -0.1) is 11.3 Å². The van der Waals surface area contributed by atoms with Crippen LogP contribution in [0.25, 0.3) is 0 Å². The molecule has 5 heteroatoms. The van der Waals surface area contributed by atoms with E-state index < -0.39 is 0 Å². The van der Waals surface area contributed by atoms with Gasteiger partial charge in [0.15, 0.2) is 0 Å². The largest absolute Gasteiger partial charge is 0.355 e. The smallest absolute Gasteiger partial charge is 0.236 e. The van der Waals surface area contributed by atoms with Crippen molar-refractivity contribution < 1.29 is 4.79 Å². The van der Waals surface area contributed by atoms with Crippen molar-refractivity contribution in [3.8, 4) is 0 Å². The summed E-state index contributed by atoms with van der Waals surface area (Å²) < 4.78 is 0. The molecule has 0 radical (unpaired) electrons. The molecule has 0 aromatic carbocycles. The number of hydrogen-bond acceptors (Lipinski definition) is 4. The Morgan fingerprint density at radius 1 is 1.56 bits per heavy atom. The minimum atomic E-state index is -0.195. The van der Waals surface area contributed by atoms with Crippen molar-refractivity contribution in [3.05, 3.63) is 16.1 Å². The highest BCUT2D eigenvalue weighted by molar-refractivity contribution is 7.09. The summed E-state index contributed by atoms with van der Waals surface area (Å²) >= 11 is 1.62. The predicted molar refractivity (Wildman–Crippen MR) is 66.5 cm³/mol. The van der Waals surface area contributed by atoms with Crippen molar-refractivity contribution in [2.75, 3.05) is 6.54 Å². The van der Waals surface area contributed by atoms with Gasteiger partial charge < -0.3 is 5.32 Å². The van der Waals surface area contributed by atoms with Crippen LogP contribution in [0.4, 0.5) is 0 Å². The molecule has 16 heavy (non-hydrogen) atoms. The Kier molecular flexibility index (Phi) is 4.89. The highest BCUT2D eigenvalue weighted by atomic mass is 32.1. The topological polar surface area (TPSA) is 54.0 Å². The van der Waals surface area contributed by atoms with Gasteiger partial charge in [-0.25, -0.2) is 4.98 Å². The molecule has 1 amide bonds. The number of thiazole rings is 1. The Bertz CT molecular complexity index is 351. The summed E-state index contributed by atoms with van der Waals surface area (Å²) in [6, 6.07) is -0.0875. The van der Waals surface area contributed by atoms with E-state index in [-0.39, 0.29) is 18.0 Å². The number of nitrogens with one attached hydrogen (secondary N) is 2. The van der Waals surface area contributed by atoms with Crippen LogP contribution in [-0.4, -0.2) is 23.5 Å². The van der Waals surface area contributed by atoms with E-state index >= 15 is 0 Å². The second-order valence-electron chi connectivity index (χ2n) is 3.83. The average Bonchev–Trinajstić information content (AvgIpc) is 2.65. The molecule has 0 spiro atoms. The first kappa shape index (κ1) is 13.1. The number of carbonyl (C=O) groups is 1. The molecule has 0 aliphatic rings. The first-order valence-electron chi connectivity index (χ1n) is 5.50. The molecule has 0 aliphatic heterocycles. The number of aryl methyl sites for hydroxylation is 1. The third-order valence-electron chi connectivity index (χ3n) is 2.25. The van der Waals surface area contributed by atoms with Gasteiger partial charge in [-0.1, -0.05) is 0 Å². The summed E-state index contributed by atoms with van der Waals surface area (Å²) in [5, 5.41) is 9.06. The molecule has 0 bridgehead atoms. The standard InChI is InChI=1S/C11H19N3OS/c1-5-12-10(15)8(3)14-9(4)11-13-7(2)6-16-11/h6,8-9,14H,5H2,1-4H3,(H,12,15). The van der Waals surface area contributed by atoms with E-state index in [2.05, 4.69) is 15.6 Å². The molecule has 0 saturated carbocycles. The van der Waals surface area contributed by atoms with Gasteiger partial charge in [0.05, 0.1) is 12.1 Å². The van der Waals surface area contributed by atoms with E-state index in [0.29, 0.717) is 6.54 Å². The maximum absolute atomic E-state index is 11.5. The number of carbonyl (C=O) groups excluding carboxylic acids is 1. The number of rotatable bonds is 5. The first-order valence-corrected chi connectivity index (χ1v) is 6.38. The Balaban J connectivity index is 2.51. The van der Waals surface area contributed by atoms with Crippen molar-refractivity contribution in [3.63, 3.8) is 0 Å².